The van der Waals surface area contributed by atoms with E-state index >= 15 is 0 Å². The summed E-state index contributed by atoms with van der Waals surface area (Å²) in [5.41, 5.74) is 0.946. The van der Waals surface area contributed by atoms with Crippen LogP contribution in [0.25, 0.3) is 0 Å². The molecule has 0 unspecified atom stereocenters. The summed E-state index contributed by atoms with van der Waals surface area (Å²) in [6.45, 7) is 4.26. The lowest BCUT2D eigenvalue weighted by atomic mass is 10.0. The maximum absolute atomic E-state index is 14.6. The van der Waals surface area contributed by atoms with E-state index in [9.17, 15) is 33.9 Å². The Hall–Kier alpha value is -5.47. The molecule has 1 aliphatic carbocycles. The SMILES string of the molecule is CC(C)[C@@H](NC(=O)c1ccc(N(C)C)nc1)C(=O)N[C@H]1CCCCC/C=C\[C@@H]2C[C@@]2(C(=O)O)NC(=O)[C@@H]2C[C@@H](OC(=O)N3CCc4ccccc4C3)CN2C1=O. The van der Waals surface area contributed by atoms with Gasteiger partial charge >= 0.3 is 12.1 Å². The average molecular weight is 772 g/mol. The molecule has 1 aromatic carbocycles. The van der Waals surface area contributed by atoms with Gasteiger partial charge in [-0.1, -0.05) is 63.1 Å². The number of hydrogen-bond acceptors (Lipinski definition) is 9. The zero-order valence-electron chi connectivity index (χ0n) is 32.5. The van der Waals surface area contributed by atoms with Crippen LogP contribution in [0.15, 0.2) is 54.7 Å². The number of carbonyl (C=O) groups excluding carboxylic acids is 5. The van der Waals surface area contributed by atoms with Crippen molar-refractivity contribution in [2.24, 2.45) is 11.8 Å². The minimum absolute atomic E-state index is 0.0457. The fourth-order valence-corrected chi connectivity index (χ4v) is 7.82. The molecule has 1 saturated heterocycles. The lowest BCUT2D eigenvalue weighted by molar-refractivity contribution is -0.146. The highest BCUT2D eigenvalue weighted by Gasteiger charge is 2.61. The zero-order chi connectivity index (χ0) is 40.1. The molecule has 15 nitrogen and oxygen atoms in total. The highest BCUT2D eigenvalue weighted by molar-refractivity contribution is 5.99. The van der Waals surface area contributed by atoms with Crippen molar-refractivity contribution in [1.29, 1.82) is 0 Å². The van der Waals surface area contributed by atoms with E-state index in [-0.39, 0.29) is 37.3 Å². The van der Waals surface area contributed by atoms with Gasteiger partial charge in [-0.15, -0.1) is 0 Å². The number of nitrogens with zero attached hydrogens (tertiary/aromatic N) is 4. The molecule has 6 atom stereocenters. The van der Waals surface area contributed by atoms with Crippen LogP contribution in [0.3, 0.4) is 0 Å². The van der Waals surface area contributed by atoms with Crippen LogP contribution in [0.5, 0.6) is 0 Å². The van der Waals surface area contributed by atoms with Crippen molar-refractivity contribution in [2.75, 3.05) is 32.1 Å². The van der Waals surface area contributed by atoms with Crippen LogP contribution in [0.2, 0.25) is 0 Å². The number of pyridine rings is 1. The van der Waals surface area contributed by atoms with E-state index in [1.165, 1.54) is 11.1 Å². The first-order valence-corrected chi connectivity index (χ1v) is 19.6. The largest absolute Gasteiger partial charge is 0.479 e. The van der Waals surface area contributed by atoms with Gasteiger partial charge in [-0.2, -0.15) is 0 Å². The van der Waals surface area contributed by atoms with Gasteiger partial charge in [0.25, 0.3) is 5.91 Å². The molecule has 3 aliphatic heterocycles. The Morgan fingerprint density at radius 2 is 1.82 bits per heavy atom. The number of carboxylic acids is 1. The van der Waals surface area contributed by atoms with E-state index in [0.29, 0.717) is 38.2 Å². The van der Waals surface area contributed by atoms with Gasteiger partial charge in [0.2, 0.25) is 17.7 Å². The van der Waals surface area contributed by atoms with Crippen LogP contribution in [-0.4, -0.2) is 113 Å². The number of rotatable bonds is 8. The molecule has 2 fully saturated rings. The Balaban J connectivity index is 1.22. The first-order chi connectivity index (χ1) is 26.8. The van der Waals surface area contributed by atoms with Gasteiger partial charge in [-0.25, -0.2) is 14.6 Å². The number of carboxylic acid groups (broad SMARTS) is 1. The highest BCUT2D eigenvalue weighted by atomic mass is 16.6. The quantitative estimate of drug-likeness (QED) is 0.291. The van der Waals surface area contributed by atoms with Gasteiger partial charge in [0.1, 0.15) is 35.6 Å². The number of nitrogens with one attached hydrogen (secondary N) is 3. The second kappa shape index (κ2) is 17.1. The standard InChI is InChI=1S/C41H53N7O8/c1-25(2)34(44-35(49)27-16-17-33(42-22-27)46(3)4)37(51)43-31-15-9-7-5-6-8-14-29-21-41(29,39(53)54)45-36(50)32-20-30(24-48(32)38(31)52)56-40(55)47-19-18-26-12-10-11-13-28(26)23-47/h8,10-14,16-17,22,25,29-32,34H,5-7,9,15,18-21,23-24H2,1-4H3,(H,43,51)(H,44,49)(H,45,50)(H,53,54)/b14-8-/t29-,30-,31+,32+,34-,41-/m1/s1. The van der Waals surface area contributed by atoms with Gasteiger partial charge in [-0.05, 0) is 61.3 Å². The third-order valence-corrected chi connectivity index (χ3v) is 11.3. The second-order valence-electron chi connectivity index (χ2n) is 15.9. The number of anilines is 1. The molecule has 4 N–H and O–H groups in total. The molecular formula is C41H53N7O8. The van der Waals surface area contributed by atoms with Crippen molar-refractivity contribution in [1.82, 2.24) is 30.7 Å². The van der Waals surface area contributed by atoms with Gasteiger partial charge in [-0.3, -0.25) is 19.2 Å². The van der Waals surface area contributed by atoms with Crippen molar-refractivity contribution in [2.45, 2.75) is 102 Å². The van der Waals surface area contributed by atoms with Gasteiger partial charge < -0.3 is 40.5 Å². The van der Waals surface area contributed by atoms with E-state index < -0.39 is 71.4 Å². The number of ether oxygens (including phenoxy) is 1. The molecule has 1 aromatic heterocycles. The summed E-state index contributed by atoms with van der Waals surface area (Å²) in [7, 11) is 3.67. The number of fused-ring (bicyclic) bond motifs is 3. The van der Waals surface area contributed by atoms with Gasteiger partial charge in [0.05, 0.1) is 12.1 Å². The van der Waals surface area contributed by atoms with Crippen molar-refractivity contribution < 1.29 is 38.6 Å². The first-order valence-electron chi connectivity index (χ1n) is 19.6. The maximum Gasteiger partial charge on any atom is 0.410 e. The Morgan fingerprint density at radius 1 is 1.05 bits per heavy atom. The zero-order valence-corrected chi connectivity index (χ0v) is 32.5. The predicted octanol–water partition coefficient (Wildman–Crippen LogP) is 3.03. The van der Waals surface area contributed by atoms with E-state index in [1.54, 1.807) is 35.8 Å². The number of carbonyl (C=O) groups is 6. The van der Waals surface area contributed by atoms with Crippen molar-refractivity contribution in [3.05, 3.63) is 71.4 Å². The molecule has 4 aliphatic rings. The molecular weight excluding hydrogens is 718 g/mol. The summed E-state index contributed by atoms with van der Waals surface area (Å²) in [6.07, 6.45) is 7.66. The number of hydrogen-bond donors (Lipinski definition) is 4. The number of aliphatic carboxylic acids is 1. The smallest absolute Gasteiger partial charge is 0.410 e. The fraction of sp³-hybridized carbons (Fsp3) is 0.537. The number of amides is 5. The van der Waals surface area contributed by atoms with Crippen molar-refractivity contribution >= 4 is 41.5 Å². The summed E-state index contributed by atoms with van der Waals surface area (Å²) in [4.78, 5) is 90.9. The Bertz CT molecular complexity index is 1850. The molecule has 0 spiro atoms. The molecule has 56 heavy (non-hydrogen) atoms. The van der Waals surface area contributed by atoms with E-state index in [0.717, 1.165) is 24.0 Å². The summed E-state index contributed by atoms with van der Waals surface area (Å²) >= 11 is 0. The summed E-state index contributed by atoms with van der Waals surface area (Å²) < 4.78 is 5.95. The van der Waals surface area contributed by atoms with Crippen LogP contribution in [0.1, 0.15) is 80.3 Å². The number of aromatic nitrogens is 1. The van der Waals surface area contributed by atoms with Crippen LogP contribution in [-0.2, 0) is 36.9 Å². The third-order valence-electron chi connectivity index (χ3n) is 11.3. The molecule has 5 amide bonds. The molecule has 300 valence electrons. The minimum Gasteiger partial charge on any atom is -0.479 e. The molecule has 0 radical (unpaired) electrons. The molecule has 15 heteroatoms. The predicted molar refractivity (Wildman–Crippen MR) is 206 cm³/mol. The average Bonchev–Trinajstić information content (AvgIpc) is 3.72. The lowest BCUT2D eigenvalue weighted by Crippen LogP contribution is -2.58. The monoisotopic (exact) mass is 771 g/mol. The van der Waals surface area contributed by atoms with E-state index in [2.05, 4.69) is 20.9 Å². The van der Waals surface area contributed by atoms with E-state index in [1.807, 2.05) is 50.5 Å². The van der Waals surface area contributed by atoms with Crippen molar-refractivity contribution in [3.63, 3.8) is 0 Å². The topological polar surface area (TPSA) is 191 Å². The molecule has 1 saturated carbocycles. The number of benzene rings is 1. The Kier molecular flexibility index (Phi) is 12.3. The Morgan fingerprint density at radius 3 is 2.52 bits per heavy atom. The van der Waals surface area contributed by atoms with Crippen molar-refractivity contribution in [3.8, 4) is 0 Å². The molecule has 4 heterocycles. The first kappa shape index (κ1) is 40.2. The summed E-state index contributed by atoms with van der Waals surface area (Å²) in [5, 5.41) is 18.6. The Labute approximate surface area is 327 Å². The van der Waals surface area contributed by atoms with Crippen LogP contribution < -0.4 is 20.9 Å². The van der Waals surface area contributed by atoms with Gasteiger partial charge in [0, 0.05) is 45.7 Å². The minimum atomic E-state index is -1.50. The van der Waals surface area contributed by atoms with Crippen LogP contribution >= 0.6 is 0 Å². The summed E-state index contributed by atoms with van der Waals surface area (Å²) in [6, 6.07) is 7.95. The second-order valence-corrected chi connectivity index (χ2v) is 15.9. The summed E-state index contributed by atoms with van der Waals surface area (Å²) in [5.74, 6) is -3.53. The fourth-order valence-electron chi connectivity index (χ4n) is 7.82. The lowest BCUT2D eigenvalue weighted by Gasteiger charge is -2.31. The molecule has 6 rings (SSSR count). The van der Waals surface area contributed by atoms with Crippen LogP contribution in [0, 0.1) is 11.8 Å². The highest BCUT2D eigenvalue weighted by Crippen LogP contribution is 2.45. The number of allylic oxidation sites excluding steroid dienone is 1. The van der Waals surface area contributed by atoms with E-state index in [4.69, 9.17) is 4.74 Å². The molecule has 2 aromatic rings. The third kappa shape index (κ3) is 8.97. The van der Waals surface area contributed by atoms with Gasteiger partial charge in [0.15, 0.2) is 0 Å². The maximum atomic E-state index is 14.6. The molecule has 0 bridgehead atoms. The normalized spacial score (nSPS) is 26.2. The van der Waals surface area contributed by atoms with Crippen LogP contribution in [0.4, 0.5) is 10.6 Å².